The van der Waals surface area contributed by atoms with Crippen LogP contribution >= 0.6 is 34.8 Å². The van der Waals surface area contributed by atoms with Crippen LogP contribution in [0.2, 0.25) is 15.1 Å². The smallest absolute Gasteiger partial charge is 0.243 e. The highest BCUT2D eigenvalue weighted by atomic mass is 35.5. The zero-order valence-electron chi connectivity index (χ0n) is 17.4. The molecule has 0 saturated carbocycles. The number of halogens is 3. The van der Waals surface area contributed by atoms with E-state index in [0.29, 0.717) is 21.5 Å². The fraction of sp³-hybridized carbons (Fsp3) is 0.391. The van der Waals surface area contributed by atoms with Gasteiger partial charge in [-0.15, -0.1) is 0 Å². The van der Waals surface area contributed by atoms with Crippen LogP contribution in [-0.2, 0) is 22.6 Å². The summed E-state index contributed by atoms with van der Waals surface area (Å²) in [6.45, 7) is 6.10. The number of nitrogens with one attached hydrogen (secondary N) is 1. The minimum Gasteiger partial charge on any atom is -0.352 e. The molecule has 0 aromatic heterocycles. The van der Waals surface area contributed by atoms with Gasteiger partial charge in [0.25, 0.3) is 0 Å². The molecule has 0 aliphatic carbocycles. The Hall–Kier alpha value is -1.75. The number of rotatable bonds is 9. The third-order valence-corrected chi connectivity index (χ3v) is 5.94. The highest BCUT2D eigenvalue weighted by molar-refractivity contribution is 6.42. The molecule has 0 heterocycles. The monoisotopic (exact) mass is 468 g/mol. The molecule has 0 bridgehead atoms. The molecule has 30 heavy (non-hydrogen) atoms. The topological polar surface area (TPSA) is 49.4 Å². The van der Waals surface area contributed by atoms with Gasteiger partial charge in [0, 0.05) is 17.6 Å². The Kier molecular flexibility index (Phi) is 9.47. The molecular formula is C23H27Cl3N2O2. The van der Waals surface area contributed by atoms with Crippen molar-refractivity contribution < 1.29 is 9.59 Å². The van der Waals surface area contributed by atoms with E-state index in [-0.39, 0.29) is 30.8 Å². The third kappa shape index (κ3) is 6.90. The molecule has 1 N–H and O–H groups in total. The van der Waals surface area contributed by atoms with Crippen LogP contribution in [0.4, 0.5) is 0 Å². The van der Waals surface area contributed by atoms with Gasteiger partial charge in [-0.25, -0.2) is 0 Å². The molecule has 2 rings (SSSR count). The molecule has 2 aromatic carbocycles. The second-order valence-electron chi connectivity index (χ2n) is 7.32. The molecule has 2 atom stereocenters. The summed E-state index contributed by atoms with van der Waals surface area (Å²) < 4.78 is 0. The number of carbonyl (C=O) groups is 2. The SMILES string of the molecule is CCC(C)NC(=O)C(CC)N(Cc1ccc(Cl)c(Cl)c1)C(=O)Cc1cccc(Cl)c1. The molecule has 162 valence electrons. The lowest BCUT2D eigenvalue weighted by atomic mass is 10.1. The molecule has 0 saturated heterocycles. The molecule has 0 aliphatic heterocycles. The Balaban J connectivity index is 2.32. The van der Waals surface area contributed by atoms with Crippen LogP contribution in [0.1, 0.15) is 44.7 Å². The zero-order chi connectivity index (χ0) is 22.3. The molecule has 0 spiro atoms. The van der Waals surface area contributed by atoms with Gasteiger partial charge in [0.05, 0.1) is 16.5 Å². The standard InChI is InChI=1S/C23H27Cl3N2O2/c1-4-15(3)27-23(30)21(5-2)28(14-17-9-10-19(25)20(26)12-17)22(29)13-16-7-6-8-18(24)11-16/h6-12,15,21H,4-5,13-14H2,1-3H3,(H,27,30). The number of amides is 2. The fourth-order valence-electron chi connectivity index (χ4n) is 3.12. The highest BCUT2D eigenvalue weighted by Gasteiger charge is 2.29. The van der Waals surface area contributed by atoms with Crippen LogP contribution in [0.15, 0.2) is 42.5 Å². The average molecular weight is 470 g/mol. The van der Waals surface area contributed by atoms with E-state index in [4.69, 9.17) is 34.8 Å². The van der Waals surface area contributed by atoms with E-state index < -0.39 is 6.04 Å². The first-order chi connectivity index (χ1) is 14.2. The first-order valence-corrected chi connectivity index (χ1v) is 11.2. The van der Waals surface area contributed by atoms with Crippen LogP contribution in [0.3, 0.4) is 0 Å². The maximum atomic E-state index is 13.3. The maximum absolute atomic E-state index is 13.3. The van der Waals surface area contributed by atoms with Gasteiger partial charge in [0.15, 0.2) is 0 Å². The van der Waals surface area contributed by atoms with Gasteiger partial charge >= 0.3 is 0 Å². The van der Waals surface area contributed by atoms with E-state index in [2.05, 4.69) is 5.32 Å². The Morgan fingerprint density at radius 2 is 1.70 bits per heavy atom. The quantitative estimate of drug-likeness (QED) is 0.496. The van der Waals surface area contributed by atoms with Gasteiger partial charge < -0.3 is 10.2 Å². The van der Waals surface area contributed by atoms with E-state index in [1.54, 1.807) is 35.2 Å². The minimum absolute atomic E-state index is 0.0291. The summed E-state index contributed by atoms with van der Waals surface area (Å²) in [6.07, 6.45) is 1.45. The summed E-state index contributed by atoms with van der Waals surface area (Å²) in [5, 5.41) is 4.42. The summed E-state index contributed by atoms with van der Waals surface area (Å²) in [5.41, 5.74) is 1.60. The van der Waals surface area contributed by atoms with Gasteiger partial charge in [-0.3, -0.25) is 9.59 Å². The third-order valence-electron chi connectivity index (χ3n) is 4.97. The van der Waals surface area contributed by atoms with E-state index in [1.807, 2.05) is 32.9 Å². The first kappa shape index (κ1) is 24.5. The zero-order valence-corrected chi connectivity index (χ0v) is 19.7. The molecule has 0 aliphatic rings. The fourth-order valence-corrected chi connectivity index (χ4v) is 3.65. The molecule has 0 radical (unpaired) electrons. The maximum Gasteiger partial charge on any atom is 0.243 e. The number of nitrogens with zero attached hydrogens (tertiary/aromatic N) is 1. The largest absolute Gasteiger partial charge is 0.352 e. The predicted molar refractivity (Wildman–Crippen MR) is 124 cm³/mol. The Labute approximate surface area is 193 Å². The van der Waals surface area contributed by atoms with Crippen LogP contribution in [0.5, 0.6) is 0 Å². The molecule has 7 heteroatoms. The van der Waals surface area contributed by atoms with Crippen molar-refractivity contribution in [3.63, 3.8) is 0 Å². The molecule has 2 unspecified atom stereocenters. The van der Waals surface area contributed by atoms with Crippen molar-refractivity contribution in [2.75, 3.05) is 0 Å². The van der Waals surface area contributed by atoms with Gasteiger partial charge in [-0.2, -0.15) is 0 Å². The Bertz CT molecular complexity index is 889. The summed E-state index contributed by atoms with van der Waals surface area (Å²) in [5.74, 6) is -0.319. The summed E-state index contributed by atoms with van der Waals surface area (Å²) >= 11 is 18.3. The van der Waals surface area contributed by atoms with E-state index in [1.165, 1.54) is 0 Å². The van der Waals surface area contributed by atoms with Crippen molar-refractivity contribution in [3.05, 3.63) is 68.7 Å². The Morgan fingerprint density at radius 1 is 0.967 bits per heavy atom. The lowest BCUT2D eigenvalue weighted by molar-refractivity contribution is -0.141. The van der Waals surface area contributed by atoms with Crippen molar-refractivity contribution in [3.8, 4) is 0 Å². The highest BCUT2D eigenvalue weighted by Crippen LogP contribution is 2.24. The van der Waals surface area contributed by atoms with E-state index in [9.17, 15) is 9.59 Å². The number of hydrogen-bond donors (Lipinski definition) is 1. The molecule has 2 amide bonds. The van der Waals surface area contributed by atoms with Crippen molar-refractivity contribution >= 4 is 46.6 Å². The summed E-state index contributed by atoms with van der Waals surface area (Å²) in [4.78, 5) is 27.8. The average Bonchev–Trinajstić information content (AvgIpc) is 2.70. The number of carbonyl (C=O) groups excluding carboxylic acids is 2. The van der Waals surface area contributed by atoms with Gasteiger partial charge in [-0.1, -0.05) is 66.8 Å². The van der Waals surface area contributed by atoms with Crippen molar-refractivity contribution in [2.24, 2.45) is 0 Å². The van der Waals surface area contributed by atoms with Crippen LogP contribution in [-0.4, -0.2) is 28.8 Å². The summed E-state index contributed by atoms with van der Waals surface area (Å²) in [6, 6.07) is 11.8. The van der Waals surface area contributed by atoms with Crippen LogP contribution in [0.25, 0.3) is 0 Å². The normalized spacial score (nSPS) is 12.9. The van der Waals surface area contributed by atoms with E-state index in [0.717, 1.165) is 17.5 Å². The van der Waals surface area contributed by atoms with Gasteiger partial charge in [0.2, 0.25) is 11.8 Å². The summed E-state index contributed by atoms with van der Waals surface area (Å²) in [7, 11) is 0. The molecule has 2 aromatic rings. The molecule has 4 nitrogen and oxygen atoms in total. The number of hydrogen-bond acceptors (Lipinski definition) is 2. The van der Waals surface area contributed by atoms with Crippen molar-refractivity contribution in [2.45, 2.75) is 58.7 Å². The second kappa shape index (κ2) is 11.6. The van der Waals surface area contributed by atoms with Crippen LogP contribution in [0, 0.1) is 0 Å². The second-order valence-corrected chi connectivity index (χ2v) is 8.57. The minimum atomic E-state index is -0.597. The van der Waals surface area contributed by atoms with Crippen molar-refractivity contribution in [1.29, 1.82) is 0 Å². The lowest BCUT2D eigenvalue weighted by Crippen LogP contribution is -2.51. The van der Waals surface area contributed by atoms with Gasteiger partial charge in [0.1, 0.15) is 6.04 Å². The first-order valence-electron chi connectivity index (χ1n) is 10.0. The Morgan fingerprint density at radius 3 is 2.30 bits per heavy atom. The lowest BCUT2D eigenvalue weighted by Gasteiger charge is -2.31. The van der Waals surface area contributed by atoms with Gasteiger partial charge in [-0.05, 0) is 55.2 Å². The number of benzene rings is 2. The predicted octanol–water partition coefficient (Wildman–Crippen LogP) is 5.91. The molecular weight excluding hydrogens is 443 g/mol. The van der Waals surface area contributed by atoms with E-state index >= 15 is 0 Å². The van der Waals surface area contributed by atoms with Crippen LogP contribution < -0.4 is 5.32 Å². The van der Waals surface area contributed by atoms with Crippen molar-refractivity contribution in [1.82, 2.24) is 10.2 Å². The molecule has 0 fully saturated rings.